The van der Waals surface area contributed by atoms with Gasteiger partial charge in [0.2, 0.25) is 0 Å². The fourth-order valence-electron chi connectivity index (χ4n) is 2.36. The number of ether oxygens (including phenoxy) is 1. The van der Waals surface area contributed by atoms with Gasteiger partial charge in [-0.05, 0) is 25.0 Å². The van der Waals surface area contributed by atoms with Crippen LogP contribution in [-0.4, -0.2) is 26.2 Å². The lowest BCUT2D eigenvalue weighted by atomic mass is 10.1. The van der Waals surface area contributed by atoms with Gasteiger partial charge in [-0.3, -0.25) is 0 Å². The average Bonchev–Trinajstić information content (AvgIpc) is 2.56. The molecule has 0 spiro atoms. The number of hydrogen-bond acceptors (Lipinski definition) is 3. The van der Waals surface area contributed by atoms with Gasteiger partial charge in [-0.25, -0.2) is 0 Å². The van der Waals surface area contributed by atoms with E-state index in [1.165, 1.54) is 11.3 Å². The third-order valence-electron chi connectivity index (χ3n) is 3.19. The number of nitrogens with two attached hydrogens (primary N) is 1. The number of hydrogen-bond donors (Lipinski definition) is 1. The van der Waals surface area contributed by atoms with E-state index in [0.29, 0.717) is 6.04 Å². The maximum Gasteiger partial charge on any atom is 0.142 e. The third-order valence-corrected chi connectivity index (χ3v) is 3.19. The number of likely N-dealkylation sites (N-methyl/N-ethyl adjacent to an activating group) is 1. The van der Waals surface area contributed by atoms with Crippen molar-refractivity contribution in [2.45, 2.75) is 25.4 Å². The highest BCUT2D eigenvalue weighted by Gasteiger charge is 2.31. The first-order valence-electron chi connectivity index (χ1n) is 5.29. The molecule has 3 nitrogen and oxygen atoms in total. The number of anilines is 1. The minimum atomic E-state index is 0.173. The summed E-state index contributed by atoms with van der Waals surface area (Å²) in [6.45, 7) is 2.06. The van der Waals surface area contributed by atoms with Crippen LogP contribution in [0.5, 0.6) is 5.75 Å². The fraction of sp³-hybridized carbons (Fsp3) is 0.500. The van der Waals surface area contributed by atoms with Crippen LogP contribution in [0.4, 0.5) is 5.69 Å². The minimum absolute atomic E-state index is 0.173. The van der Waals surface area contributed by atoms with Crippen molar-refractivity contribution in [1.82, 2.24) is 0 Å². The summed E-state index contributed by atoms with van der Waals surface area (Å²) in [6.07, 6.45) is 1.01. The second-order valence-electron chi connectivity index (χ2n) is 4.21. The second kappa shape index (κ2) is 3.74. The Morgan fingerprint density at radius 3 is 2.87 bits per heavy atom. The highest BCUT2D eigenvalue weighted by Crippen LogP contribution is 2.39. The van der Waals surface area contributed by atoms with Crippen LogP contribution in [0.3, 0.4) is 0 Å². The Kier molecular flexibility index (Phi) is 2.57. The zero-order valence-corrected chi connectivity index (χ0v) is 9.53. The summed E-state index contributed by atoms with van der Waals surface area (Å²) < 4.78 is 5.37. The van der Waals surface area contributed by atoms with Crippen molar-refractivity contribution in [1.29, 1.82) is 0 Å². The summed E-state index contributed by atoms with van der Waals surface area (Å²) in [5, 5.41) is 0. The Morgan fingerprint density at radius 2 is 2.27 bits per heavy atom. The van der Waals surface area contributed by atoms with Crippen molar-refractivity contribution < 1.29 is 4.74 Å². The van der Waals surface area contributed by atoms with E-state index in [1.54, 1.807) is 7.11 Å². The Bertz CT molecular complexity index is 363. The van der Waals surface area contributed by atoms with E-state index < -0.39 is 0 Å². The number of para-hydroxylation sites is 1. The van der Waals surface area contributed by atoms with E-state index in [9.17, 15) is 0 Å². The number of fused-ring (bicyclic) bond motifs is 1. The van der Waals surface area contributed by atoms with Gasteiger partial charge < -0.3 is 15.4 Å². The molecule has 0 fully saturated rings. The quantitative estimate of drug-likeness (QED) is 0.795. The van der Waals surface area contributed by atoms with E-state index in [4.69, 9.17) is 10.5 Å². The summed E-state index contributed by atoms with van der Waals surface area (Å²) >= 11 is 0. The number of benzene rings is 1. The van der Waals surface area contributed by atoms with Crippen LogP contribution in [0.2, 0.25) is 0 Å². The Balaban J connectivity index is 2.41. The molecule has 0 amide bonds. The lowest BCUT2D eigenvalue weighted by Crippen LogP contribution is -2.42. The molecule has 0 saturated heterocycles. The Morgan fingerprint density at radius 1 is 1.53 bits per heavy atom. The SMILES string of the molecule is COc1cccc2c1N(C)C(C(C)N)C2. The lowest BCUT2D eigenvalue weighted by Gasteiger charge is -2.26. The molecule has 3 heteroatoms. The van der Waals surface area contributed by atoms with Crippen LogP contribution in [0, 0.1) is 0 Å². The maximum atomic E-state index is 5.98. The summed E-state index contributed by atoms with van der Waals surface area (Å²) in [7, 11) is 3.80. The van der Waals surface area contributed by atoms with E-state index in [0.717, 1.165) is 12.2 Å². The molecule has 0 aliphatic carbocycles. The summed E-state index contributed by atoms with van der Waals surface area (Å²) in [6, 6.07) is 6.74. The molecule has 0 radical (unpaired) electrons. The summed E-state index contributed by atoms with van der Waals surface area (Å²) in [5.74, 6) is 0.943. The topological polar surface area (TPSA) is 38.5 Å². The molecule has 2 unspecified atom stereocenters. The summed E-state index contributed by atoms with van der Waals surface area (Å²) in [4.78, 5) is 2.23. The summed E-state index contributed by atoms with van der Waals surface area (Å²) in [5.41, 5.74) is 8.51. The molecule has 1 aromatic carbocycles. The third kappa shape index (κ3) is 1.57. The molecule has 0 saturated carbocycles. The van der Waals surface area contributed by atoms with Gasteiger partial charge in [0, 0.05) is 19.1 Å². The molecule has 2 atom stereocenters. The van der Waals surface area contributed by atoms with Crippen LogP contribution < -0.4 is 15.4 Å². The maximum absolute atomic E-state index is 5.98. The molecular weight excluding hydrogens is 188 g/mol. The van der Waals surface area contributed by atoms with Crippen molar-refractivity contribution in [2.75, 3.05) is 19.1 Å². The molecule has 1 aliphatic heterocycles. The molecule has 0 aromatic heterocycles. The Hall–Kier alpha value is -1.22. The first kappa shape index (κ1) is 10.3. The van der Waals surface area contributed by atoms with Gasteiger partial charge in [0.05, 0.1) is 12.8 Å². The second-order valence-corrected chi connectivity index (χ2v) is 4.21. The molecule has 1 heterocycles. The zero-order chi connectivity index (χ0) is 11.0. The largest absolute Gasteiger partial charge is 0.495 e. The fourth-order valence-corrected chi connectivity index (χ4v) is 2.36. The van der Waals surface area contributed by atoms with Crippen LogP contribution in [0.1, 0.15) is 12.5 Å². The van der Waals surface area contributed by atoms with Crippen molar-refractivity contribution >= 4 is 5.69 Å². The highest BCUT2D eigenvalue weighted by atomic mass is 16.5. The monoisotopic (exact) mass is 206 g/mol. The molecule has 1 aromatic rings. The minimum Gasteiger partial charge on any atom is -0.495 e. The van der Waals surface area contributed by atoms with Crippen LogP contribution >= 0.6 is 0 Å². The van der Waals surface area contributed by atoms with Gasteiger partial charge in [-0.15, -0.1) is 0 Å². The van der Waals surface area contributed by atoms with Crippen molar-refractivity contribution in [3.8, 4) is 5.75 Å². The molecule has 1 aliphatic rings. The molecule has 15 heavy (non-hydrogen) atoms. The molecule has 0 bridgehead atoms. The van der Waals surface area contributed by atoms with Gasteiger partial charge in [0.15, 0.2) is 0 Å². The average molecular weight is 206 g/mol. The predicted octanol–water partition coefficient (Wildman–Crippen LogP) is 1.40. The van der Waals surface area contributed by atoms with Crippen molar-refractivity contribution in [2.24, 2.45) is 5.73 Å². The molecular formula is C12H18N2O. The van der Waals surface area contributed by atoms with Crippen LogP contribution in [0.25, 0.3) is 0 Å². The number of nitrogens with zero attached hydrogens (tertiary/aromatic N) is 1. The molecule has 2 rings (SSSR count). The predicted molar refractivity (Wildman–Crippen MR) is 62.5 cm³/mol. The van der Waals surface area contributed by atoms with Gasteiger partial charge in [0.25, 0.3) is 0 Å². The van der Waals surface area contributed by atoms with Crippen LogP contribution in [0.15, 0.2) is 18.2 Å². The first-order chi connectivity index (χ1) is 7.15. The first-order valence-corrected chi connectivity index (χ1v) is 5.29. The van der Waals surface area contributed by atoms with Crippen molar-refractivity contribution in [3.63, 3.8) is 0 Å². The Labute approximate surface area is 90.8 Å². The lowest BCUT2D eigenvalue weighted by molar-refractivity contribution is 0.414. The van der Waals surface area contributed by atoms with Gasteiger partial charge in [-0.1, -0.05) is 12.1 Å². The van der Waals surface area contributed by atoms with E-state index >= 15 is 0 Å². The highest BCUT2D eigenvalue weighted by molar-refractivity contribution is 5.68. The molecule has 82 valence electrons. The van der Waals surface area contributed by atoms with Gasteiger partial charge >= 0.3 is 0 Å². The van der Waals surface area contributed by atoms with Crippen molar-refractivity contribution in [3.05, 3.63) is 23.8 Å². The molecule has 2 N–H and O–H groups in total. The van der Waals surface area contributed by atoms with Gasteiger partial charge in [-0.2, -0.15) is 0 Å². The standard InChI is InChI=1S/C12H18N2O/c1-8(13)10-7-9-5-4-6-11(15-3)12(9)14(10)2/h4-6,8,10H,7,13H2,1-3H3. The van der Waals surface area contributed by atoms with E-state index in [-0.39, 0.29) is 6.04 Å². The van der Waals surface area contributed by atoms with Crippen LogP contribution in [-0.2, 0) is 6.42 Å². The van der Waals surface area contributed by atoms with Gasteiger partial charge in [0.1, 0.15) is 5.75 Å². The normalized spacial score (nSPS) is 21.3. The smallest absolute Gasteiger partial charge is 0.142 e. The number of rotatable bonds is 2. The van der Waals surface area contributed by atoms with E-state index in [1.807, 2.05) is 12.1 Å². The van der Waals surface area contributed by atoms with E-state index in [2.05, 4.69) is 24.9 Å². The number of methoxy groups -OCH3 is 1. The zero-order valence-electron chi connectivity index (χ0n) is 9.53.